The van der Waals surface area contributed by atoms with Crippen LogP contribution in [0.5, 0.6) is 0 Å². The van der Waals surface area contributed by atoms with Crippen LogP contribution in [-0.2, 0) is 4.79 Å². The zero-order valence-electron chi connectivity index (χ0n) is 22.2. The molecule has 0 radical (unpaired) electrons. The third-order valence-electron chi connectivity index (χ3n) is 6.53. The molecule has 40 heavy (non-hydrogen) atoms. The second kappa shape index (κ2) is 11.0. The number of benzene rings is 2. The number of β-amino-alcohol motifs (C(OH)–C–C–N with tert-alkyl or cyclic N) is 1. The number of hydrogen-bond donors (Lipinski definition) is 3. The first-order valence-electron chi connectivity index (χ1n) is 12.8. The maximum atomic E-state index is 15.2. The Morgan fingerprint density at radius 2 is 1.93 bits per heavy atom. The second-order valence-electron chi connectivity index (χ2n) is 10.2. The fourth-order valence-electron chi connectivity index (χ4n) is 4.71. The van der Waals surface area contributed by atoms with Crippen LogP contribution in [0, 0.1) is 11.6 Å². The van der Waals surface area contributed by atoms with Crippen molar-refractivity contribution < 1.29 is 18.7 Å². The van der Waals surface area contributed by atoms with E-state index in [9.17, 15) is 9.90 Å². The molecular weight excluding hydrogens is 518 g/mol. The summed E-state index contributed by atoms with van der Waals surface area (Å²) in [5.41, 5.74) is 1.68. The third-order valence-corrected chi connectivity index (χ3v) is 6.53. The number of piperazine rings is 1. The van der Waals surface area contributed by atoms with Crippen LogP contribution in [0.25, 0.3) is 16.8 Å². The quantitative estimate of drug-likeness (QED) is 0.285. The molecule has 1 aliphatic rings. The van der Waals surface area contributed by atoms with Gasteiger partial charge in [0.1, 0.15) is 6.33 Å². The van der Waals surface area contributed by atoms with Crippen molar-refractivity contribution in [1.29, 1.82) is 0 Å². The van der Waals surface area contributed by atoms with E-state index in [2.05, 4.69) is 37.2 Å². The molecule has 0 unspecified atom stereocenters. The third kappa shape index (κ3) is 5.92. The molecule has 0 bridgehead atoms. The highest BCUT2D eigenvalue weighted by Crippen LogP contribution is 2.30. The number of carbonyl (C=O) groups excluding carboxylic acids is 1. The number of aromatic nitrogens is 4. The molecule has 2 aromatic carbocycles. The Kier molecular flexibility index (Phi) is 7.46. The number of nitrogens with one attached hydrogen (secondary N) is 2. The molecule has 208 valence electrons. The Bertz CT molecular complexity index is 1560. The van der Waals surface area contributed by atoms with E-state index in [1.165, 1.54) is 29.1 Å². The van der Waals surface area contributed by atoms with Crippen LogP contribution in [0.1, 0.15) is 13.8 Å². The molecular formula is C28H30F2N8O2. The number of anilines is 4. The smallest absolute Gasteiger partial charge is 0.247 e. The fourth-order valence-corrected chi connectivity index (χ4v) is 4.71. The van der Waals surface area contributed by atoms with E-state index in [0.717, 1.165) is 5.56 Å². The first kappa shape index (κ1) is 27.2. The largest absolute Gasteiger partial charge is 0.389 e. The Labute approximate surface area is 230 Å². The number of fused-ring (bicyclic) bond motifs is 1. The van der Waals surface area contributed by atoms with Crippen LogP contribution in [0.3, 0.4) is 0 Å². The first-order chi connectivity index (χ1) is 19.1. The Balaban J connectivity index is 1.34. The summed E-state index contributed by atoms with van der Waals surface area (Å²) in [6, 6.07) is 10.1. The van der Waals surface area contributed by atoms with Gasteiger partial charge in [0.05, 0.1) is 23.2 Å². The van der Waals surface area contributed by atoms with Crippen molar-refractivity contribution >= 4 is 34.6 Å². The van der Waals surface area contributed by atoms with E-state index in [0.29, 0.717) is 49.6 Å². The van der Waals surface area contributed by atoms with Crippen molar-refractivity contribution in [3.05, 3.63) is 73.2 Å². The highest BCUT2D eigenvalue weighted by Gasteiger charge is 2.26. The first-order valence-corrected chi connectivity index (χ1v) is 12.8. The number of carbonyl (C=O) groups is 1. The molecule has 10 nitrogen and oxygen atoms in total. The van der Waals surface area contributed by atoms with E-state index in [1.807, 2.05) is 6.07 Å². The average molecular weight is 549 g/mol. The maximum Gasteiger partial charge on any atom is 0.247 e. The summed E-state index contributed by atoms with van der Waals surface area (Å²) in [4.78, 5) is 24.3. The van der Waals surface area contributed by atoms with Crippen molar-refractivity contribution in [1.82, 2.24) is 24.5 Å². The van der Waals surface area contributed by atoms with E-state index < -0.39 is 17.2 Å². The molecule has 12 heteroatoms. The Morgan fingerprint density at radius 3 is 2.65 bits per heavy atom. The predicted octanol–water partition coefficient (Wildman–Crippen LogP) is 3.83. The van der Waals surface area contributed by atoms with Crippen LogP contribution < -0.4 is 15.5 Å². The van der Waals surface area contributed by atoms with Gasteiger partial charge in [0.15, 0.2) is 17.3 Å². The van der Waals surface area contributed by atoms with Crippen LogP contribution in [0.4, 0.5) is 31.8 Å². The lowest BCUT2D eigenvalue weighted by Gasteiger charge is -2.38. The number of hydrogen-bond acceptors (Lipinski definition) is 8. The summed E-state index contributed by atoms with van der Waals surface area (Å²) in [6.45, 7) is 9.77. The van der Waals surface area contributed by atoms with Gasteiger partial charge < -0.3 is 20.6 Å². The molecule has 0 atom stereocenters. The van der Waals surface area contributed by atoms with Gasteiger partial charge in [-0.25, -0.2) is 18.3 Å². The Morgan fingerprint density at radius 1 is 1.15 bits per heavy atom. The van der Waals surface area contributed by atoms with Gasteiger partial charge in [-0.15, -0.1) is 0 Å². The van der Waals surface area contributed by atoms with Crippen molar-refractivity contribution in [2.75, 3.05) is 48.3 Å². The lowest BCUT2D eigenvalue weighted by atomic mass is 10.1. The minimum absolute atomic E-state index is 0.0663. The fraction of sp³-hybridized carbons (Fsp3) is 0.286. The van der Waals surface area contributed by atoms with Gasteiger partial charge in [-0.3, -0.25) is 9.69 Å². The zero-order valence-corrected chi connectivity index (χ0v) is 22.2. The highest BCUT2D eigenvalue weighted by molar-refractivity contribution is 5.99. The summed E-state index contributed by atoms with van der Waals surface area (Å²) in [7, 11) is 0. The number of rotatable bonds is 8. The molecule has 3 N–H and O–H groups in total. The summed E-state index contributed by atoms with van der Waals surface area (Å²) in [5.74, 6) is -2.25. The lowest BCUT2D eigenvalue weighted by molar-refractivity contribution is -0.111. The number of amides is 1. The maximum absolute atomic E-state index is 15.2. The molecule has 1 aliphatic heterocycles. The molecule has 0 saturated carbocycles. The molecule has 0 spiro atoms. The summed E-state index contributed by atoms with van der Waals surface area (Å²) in [5, 5.41) is 19.8. The zero-order chi connectivity index (χ0) is 28.4. The summed E-state index contributed by atoms with van der Waals surface area (Å²) in [6.07, 6.45) is 4.22. The van der Waals surface area contributed by atoms with Gasteiger partial charge in [-0.2, -0.15) is 10.1 Å². The average Bonchev–Trinajstić information content (AvgIpc) is 3.35. The van der Waals surface area contributed by atoms with E-state index in [1.54, 1.807) is 43.1 Å². The van der Waals surface area contributed by atoms with Gasteiger partial charge in [0.2, 0.25) is 11.9 Å². The van der Waals surface area contributed by atoms with Crippen molar-refractivity contribution in [3.8, 4) is 11.1 Å². The second-order valence-corrected chi connectivity index (χ2v) is 10.2. The molecule has 0 aliphatic carbocycles. The number of halogens is 2. The van der Waals surface area contributed by atoms with Crippen molar-refractivity contribution in [2.24, 2.45) is 0 Å². The molecule has 1 saturated heterocycles. The van der Waals surface area contributed by atoms with Crippen molar-refractivity contribution in [2.45, 2.75) is 19.4 Å². The molecule has 1 fully saturated rings. The summed E-state index contributed by atoms with van der Waals surface area (Å²) < 4.78 is 31.8. The minimum atomic E-state index is -1.03. The predicted molar refractivity (Wildman–Crippen MR) is 150 cm³/mol. The highest BCUT2D eigenvalue weighted by atomic mass is 19.2. The molecule has 5 rings (SSSR count). The van der Waals surface area contributed by atoms with Crippen LogP contribution in [-0.4, -0.2) is 73.8 Å². The molecule has 2 aromatic heterocycles. The van der Waals surface area contributed by atoms with Crippen LogP contribution >= 0.6 is 0 Å². The van der Waals surface area contributed by atoms with Gasteiger partial charge in [0.25, 0.3) is 0 Å². The minimum Gasteiger partial charge on any atom is -0.389 e. The normalized spacial score (nSPS) is 14.4. The summed E-state index contributed by atoms with van der Waals surface area (Å²) >= 11 is 0. The standard InChI is InChI=1S/C28H30F2N8O2/c1-4-23(39)33-19-7-5-6-18(14-19)20-15-32-38-17-31-27(35-26(20)38)34-21-8-9-22(25(30)24(21)29)37-12-10-36(11-13-37)16-28(2,3)40/h4-9,14-15,17,40H,1,10-13,16H2,2-3H3,(H,33,39)(H,34,35). The lowest BCUT2D eigenvalue weighted by Crippen LogP contribution is -2.50. The van der Waals surface area contributed by atoms with Crippen LogP contribution in [0.15, 0.2) is 61.6 Å². The number of nitrogens with zero attached hydrogens (tertiary/aromatic N) is 6. The topological polar surface area (TPSA) is 111 Å². The molecule has 1 amide bonds. The van der Waals surface area contributed by atoms with E-state index >= 15 is 8.78 Å². The van der Waals surface area contributed by atoms with Gasteiger partial charge in [-0.05, 0) is 49.8 Å². The van der Waals surface area contributed by atoms with Gasteiger partial charge in [-0.1, -0.05) is 18.7 Å². The monoisotopic (exact) mass is 548 g/mol. The molecule has 4 aromatic rings. The van der Waals surface area contributed by atoms with Crippen molar-refractivity contribution in [3.63, 3.8) is 0 Å². The van der Waals surface area contributed by atoms with Gasteiger partial charge in [0, 0.05) is 44.0 Å². The molecule has 3 heterocycles. The number of aliphatic hydroxyl groups is 1. The van der Waals surface area contributed by atoms with E-state index in [4.69, 9.17) is 0 Å². The Hall–Kier alpha value is -4.42. The van der Waals surface area contributed by atoms with E-state index in [-0.39, 0.29) is 23.2 Å². The van der Waals surface area contributed by atoms with Crippen LogP contribution in [0.2, 0.25) is 0 Å². The SMILES string of the molecule is C=CC(=O)Nc1cccc(-c2cnn3cnc(Nc4ccc(N5CCN(CC(C)(C)O)CC5)c(F)c4F)nc23)c1. The van der Waals surface area contributed by atoms with Gasteiger partial charge >= 0.3 is 0 Å².